The second-order valence-corrected chi connectivity index (χ2v) is 5.67. The number of aliphatic hydroxyl groups excluding tert-OH is 1. The Morgan fingerprint density at radius 2 is 2.25 bits per heavy atom. The number of rotatable bonds is 4. The lowest BCUT2D eigenvalue weighted by Gasteiger charge is -2.40. The summed E-state index contributed by atoms with van der Waals surface area (Å²) in [5.74, 6) is -0.0540. The van der Waals surface area contributed by atoms with Crippen LogP contribution in [0.3, 0.4) is 0 Å². The summed E-state index contributed by atoms with van der Waals surface area (Å²) >= 11 is 0. The molecule has 1 fully saturated rings. The third-order valence-electron chi connectivity index (χ3n) is 4.02. The topological polar surface area (TPSA) is 52.6 Å². The van der Waals surface area contributed by atoms with E-state index in [-0.39, 0.29) is 18.6 Å². The van der Waals surface area contributed by atoms with E-state index in [0.29, 0.717) is 6.04 Å². The Morgan fingerprint density at radius 1 is 1.45 bits per heavy atom. The number of nitrogens with zero attached hydrogens (tertiary/aromatic N) is 1. The molecule has 1 amide bonds. The summed E-state index contributed by atoms with van der Waals surface area (Å²) < 4.78 is 0. The van der Waals surface area contributed by atoms with Gasteiger partial charge in [0.25, 0.3) is 0 Å². The normalized spacial score (nSPS) is 23.6. The molecule has 0 saturated carbocycles. The predicted molar refractivity (Wildman–Crippen MR) is 80.5 cm³/mol. The summed E-state index contributed by atoms with van der Waals surface area (Å²) in [6, 6.07) is 8.68. The lowest BCUT2D eigenvalue weighted by molar-refractivity contribution is -0.114. The average molecular weight is 276 g/mol. The highest BCUT2D eigenvalue weighted by atomic mass is 16.3. The molecular formula is C16H24N2O2. The Kier molecular flexibility index (Phi) is 5.15. The van der Waals surface area contributed by atoms with Crippen LogP contribution in [0.25, 0.3) is 0 Å². The third-order valence-corrected chi connectivity index (χ3v) is 4.02. The highest BCUT2D eigenvalue weighted by Gasteiger charge is 2.27. The van der Waals surface area contributed by atoms with Gasteiger partial charge >= 0.3 is 0 Å². The molecule has 20 heavy (non-hydrogen) atoms. The van der Waals surface area contributed by atoms with Crippen LogP contribution < -0.4 is 5.32 Å². The van der Waals surface area contributed by atoms with Gasteiger partial charge in [0.15, 0.2) is 0 Å². The molecule has 1 aliphatic heterocycles. The Hall–Kier alpha value is -1.39. The molecule has 2 atom stereocenters. The molecule has 110 valence electrons. The standard InChI is InChI=1S/C16H24N2O2/c1-12-5-3-8-16(11-19)18(12)10-14-6-4-7-15(9-14)17-13(2)20/h4,6-7,9,12,16,19H,3,5,8,10-11H2,1-2H3,(H,17,20). The van der Waals surface area contributed by atoms with Gasteiger partial charge in [0.05, 0.1) is 6.61 Å². The first-order chi connectivity index (χ1) is 9.60. The van der Waals surface area contributed by atoms with E-state index in [0.717, 1.165) is 18.7 Å². The zero-order chi connectivity index (χ0) is 14.5. The zero-order valence-corrected chi connectivity index (χ0v) is 12.3. The zero-order valence-electron chi connectivity index (χ0n) is 12.3. The lowest BCUT2D eigenvalue weighted by atomic mass is 9.96. The number of amides is 1. The maximum atomic E-state index is 11.1. The first kappa shape index (κ1) is 15.0. The predicted octanol–water partition coefficient (Wildman–Crippen LogP) is 2.38. The van der Waals surface area contributed by atoms with Gasteiger partial charge in [0, 0.05) is 31.2 Å². The van der Waals surface area contributed by atoms with Crippen molar-refractivity contribution < 1.29 is 9.90 Å². The van der Waals surface area contributed by atoms with E-state index < -0.39 is 0 Å². The van der Waals surface area contributed by atoms with Gasteiger partial charge in [0.2, 0.25) is 5.91 Å². The lowest BCUT2D eigenvalue weighted by Crippen LogP contribution is -2.46. The average Bonchev–Trinajstić information content (AvgIpc) is 2.41. The Balaban J connectivity index is 2.09. The van der Waals surface area contributed by atoms with Crippen molar-refractivity contribution in [2.75, 3.05) is 11.9 Å². The number of nitrogens with one attached hydrogen (secondary N) is 1. The van der Waals surface area contributed by atoms with E-state index in [4.69, 9.17) is 0 Å². The molecule has 0 aliphatic carbocycles. The molecular weight excluding hydrogens is 252 g/mol. The fourth-order valence-electron chi connectivity index (χ4n) is 2.98. The van der Waals surface area contributed by atoms with Crippen molar-refractivity contribution in [2.45, 2.75) is 51.7 Å². The minimum Gasteiger partial charge on any atom is -0.395 e. The number of benzene rings is 1. The summed E-state index contributed by atoms with van der Waals surface area (Å²) in [7, 11) is 0. The SMILES string of the molecule is CC(=O)Nc1cccc(CN2C(C)CCCC2CO)c1. The quantitative estimate of drug-likeness (QED) is 0.887. The van der Waals surface area contributed by atoms with E-state index in [1.807, 2.05) is 18.2 Å². The second-order valence-electron chi connectivity index (χ2n) is 5.67. The Labute approximate surface area is 120 Å². The number of hydrogen-bond acceptors (Lipinski definition) is 3. The van der Waals surface area contributed by atoms with Crippen LogP contribution in [-0.4, -0.2) is 34.6 Å². The van der Waals surface area contributed by atoms with Gasteiger partial charge in [-0.2, -0.15) is 0 Å². The number of piperidine rings is 1. The van der Waals surface area contributed by atoms with Crippen molar-refractivity contribution in [1.82, 2.24) is 4.90 Å². The number of likely N-dealkylation sites (tertiary alicyclic amines) is 1. The van der Waals surface area contributed by atoms with Gasteiger partial charge in [-0.3, -0.25) is 9.69 Å². The molecule has 1 heterocycles. The number of carbonyl (C=O) groups excluding carboxylic acids is 1. The summed E-state index contributed by atoms with van der Waals surface area (Å²) in [6.07, 6.45) is 3.43. The summed E-state index contributed by atoms with van der Waals surface area (Å²) in [5, 5.41) is 12.3. The first-order valence-corrected chi connectivity index (χ1v) is 7.33. The van der Waals surface area contributed by atoms with Gasteiger partial charge in [0.1, 0.15) is 0 Å². The van der Waals surface area contributed by atoms with Crippen molar-refractivity contribution in [2.24, 2.45) is 0 Å². The second kappa shape index (κ2) is 6.86. The van der Waals surface area contributed by atoms with Crippen LogP contribution in [0, 0.1) is 0 Å². The number of aliphatic hydroxyl groups is 1. The number of anilines is 1. The van der Waals surface area contributed by atoms with Gasteiger partial charge in [-0.05, 0) is 37.5 Å². The molecule has 0 bridgehead atoms. The van der Waals surface area contributed by atoms with Gasteiger partial charge < -0.3 is 10.4 Å². The molecule has 2 rings (SSSR count). The van der Waals surface area contributed by atoms with Crippen molar-refractivity contribution in [3.63, 3.8) is 0 Å². The third kappa shape index (κ3) is 3.81. The molecule has 1 aromatic rings. The van der Waals surface area contributed by atoms with Crippen LogP contribution in [-0.2, 0) is 11.3 Å². The minimum atomic E-state index is -0.0540. The monoisotopic (exact) mass is 276 g/mol. The molecule has 1 saturated heterocycles. The number of hydrogen-bond donors (Lipinski definition) is 2. The molecule has 1 aromatic carbocycles. The van der Waals surface area contributed by atoms with Gasteiger partial charge in [-0.15, -0.1) is 0 Å². The molecule has 0 aromatic heterocycles. The highest BCUT2D eigenvalue weighted by Crippen LogP contribution is 2.25. The first-order valence-electron chi connectivity index (χ1n) is 7.33. The summed E-state index contributed by atoms with van der Waals surface area (Å²) in [6.45, 7) is 4.77. The van der Waals surface area contributed by atoms with Crippen molar-refractivity contribution in [3.05, 3.63) is 29.8 Å². The molecule has 0 radical (unpaired) electrons. The maximum Gasteiger partial charge on any atom is 0.221 e. The Bertz CT molecular complexity index is 462. The van der Waals surface area contributed by atoms with Crippen molar-refractivity contribution in [3.8, 4) is 0 Å². The van der Waals surface area contributed by atoms with Crippen LogP contribution in [0.2, 0.25) is 0 Å². The molecule has 1 aliphatic rings. The maximum absolute atomic E-state index is 11.1. The fraction of sp³-hybridized carbons (Fsp3) is 0.562. The van der Waals surface area contributed by atoms with E-state index in [2.05, 4.69) is 23.2 Å². The highest BCUT2D eigenvalue weighted by molar-refractivity contribution is 5.88. The number of carbonyl (C=O) groups is 1. The van der Waals surface area contributed by atoms with Crippen molar-refractivity contribution >= 4 is 11.6 Å². The smallest absolute Gasteiger partial charge is 0.221 e. The minimum absolute atomic E-state index is 0.0540. The van der Waals surface area contributed by atoms with Crippen LogP contribution in [0.1, 0.15) is 38.7 Å². The molecule has 4 heteroatoms. The molecule has 2 unspecified atom stereocenters. The van der Waals surface area contributed by atoms with E-state index in [9.17, 15) is 9.90 Å². The van der Waals surface area contributed by atoms with Crippen LogP contribution in [0.5, 0.6) is 0 Å². The fourth-order valence-corrected chi connectivity index (χ4v) is 2.98. The largest absolute Gasteiger partial charge is 0.395 e. The van der Waals surface area contributed by atoms with E-state index in [1.165, 1.54) is 25.3 Å². The molecule has 2 N–H and O–H groups in total. The Morgan fingerprint density at radius 3 is 2.95 bits per heavy atom. The van der Waals surface area contributed by atoms with E-state index in [1.54, 1.807) is 0 Å². The molecule has 0 spiro atoms. The van der Waals surface area contributed by atoms with Gasteiger partial charge in [-0.1, -0.05) is 18.6 Å². The summed E-state index contributed by atoms with van der Waals surface area (Å²) in [4.78, 5) is 13.5. The van der Waals surface area contributed by atoms with Crippen molar-refractivity contribution in [1.29, 1.82) is 0 Å². The van der Waals surface area contributed by atoms with Crippen LogP contribution >= 0.6 is 0 Å². The van der Waals surface area contributed by atoms with Gasteiger partial charge in [-0.25, -0.2) is 0 Å². The van der Waals surface area contributed by atoms with Crippen LogP contribution in [0.15, 0.2) is 24.3 Å². The summed E-state index contributed by atoms with van der Waals surface area (Å²) in [5.41, 5.74) is 2.00. The molecule has 4 nitrogen and oxygen atoms in total. The van der Waals surface area contributed by atoms with E-state index >= 15 is 0 Å². The van der Waals surface area contributed by atoms with Crippen LogP contribution in [0.4, 0.5) is 5.69 Å².